The molecule has 2 aromatic carbocycles. The quantitative estimate of drug-likeness (QED) is 0.839. The number of para-hydroxylation sites is 1. The van der Waals surface area contributed by atoms with Crippen molar-refractivity contribution in [2.45, 2.75) is 13.5 Å². The standard InChI is InChI=1S/C15H17NO2/c1-11-7-8-15(13(16)9-11)18-10-12-5-3-4-6-14(12)17-2/h3-9H,10,16H2,1-2H3. The summed E-state index contributed by atoms with van der Waals surface area (Å²) >= 11 is 0. The third kappa shape index (κ3) is 2.74. The number of nitrogens with two attached hydrogens (primary N) is 1. The summed E-state index contributed by atoms with van der Waals surface area (Å²) in [5.74, 6) is 1.52. The number of methoxy groups -OCH3 is 1. The van der Waals surface area contributed by atoms with Gasteiger partial charge in [-0.2, -0.15) is 0 Å². The number of ether oxygens (including phenoxy) is 2. The van der Waals surface area contributed by atoms with Gasteiger partial charge in [0.15, 0.2) is 0 Å². The van der Waals surface area contributed by atoms with Gasteiger partial charge in [0, 0.05) is 5.56 Å². The summed E-state index contributed by atoms with van der Waals surface area (Å²) in [7, 11) is 1.65. The molecular weight excluding hydrogens is 226 g/mol. The largest absolute Gasteiger partial charge is 0.496 e. The summed E-state index contributed by atoms with van der Waals surface area (Å²) in [5, 5.41) is 0. The number of aryl methyl sites for hydroxylation is 1. The van der Waals surface area contributed by atoms with E-state index in [9.17, 15) is 0 Å². The molecule has 0 radical (unpaired) electrons. The Morgan fingerprint density at radius 1 is 1.06 bits per heavy atom. The van der Waals surface area contributed by atoms with Crippen molar-refractivity contribution in [1.29, 1.82) is 0 Å². The smallest absolute Gasteiger partial charge is 0.142 e. The molecular formula is C15H17NO2. The van der Waals surface area contributed by atoms with Crippen LogP contribution >= 0.6 is 0 Å². The first-order chi connectivity index (χ1) is 8.70. The number of benzene rings is 2. The number of nitrogen functional groups attached to an aromatic ring is 1. The maximum Gasteiger partial charge on any atom is 0.142 e. The van der Waals surface area contributed by atoms with E-state index in [4.69, 9.17) is 15.2 Å². The molecule has 0 aromatic heterocycles. The molecule has 3 nitrogen and oxygen atoms in total. The van der Waals surface area contributed by atoms with Gasteiger partial charge in [-0.1, -0.05) is 24.3 Å². The van der Waals surface area contributed by atoms with Crippen LogP contribution in [0.3, 0.4) is 0 Å². The second-order valence-corrected chi connectivity index (χ2v) is 4.14. The lowest BCUT2D eigenvalue weighted by atomic mass is 10.2. The Kier molecular flexibility index (Phi) is 3.72. The Bertz CT molecular complexity index is 538. The first-order valence-electron chi connectivity index (χ1n) is 5.81. The van der Waals surface area contributed by atoms with Gasteiger partial charge in [0.2, 0.25) is 0 Å². The molecule has 0 spiro atoms. The van der Waals surface area contributed by atoms with Gasteiger partial charge in [0.05, 0.1) is 12.8 Å². The van der Waals surface area contributed by atoms with Crippen LogP contribution in [-0.2, 0) is 6.61 Å². The third-order valence-electron chi connectivity index (χ3n) is 2.74. The Labute approximate surface area is 107 Å². The molecule has 2 N–H and O–H groups in total. The van der Waals surface area contributed by atoms with Gasteiger partial charge in [0.1, 0.15) is 18.1 Å². The van der Waals surface area contributed by atoms with Crippen LogP contribution in [0.15, 0.2) is 42.5 Å². The van der Waals surface area contributed by atoms with Crippen LogP contribution in [0.5, 0.6) is 11.5 Å². The third-order valence-corrected chi connectivity index (χ3v) is 2.74. The van der Waals surface area contributed by atoms with Gasteiger partial charge in [-0.25, -0.2) is 0 Å². The van der Waals surface area contributed by atoms with Crippen LogP contribution < -0.4 is 15.2 Å². The zero-order chi connectivity index (χ0) is 13.0. The van der Waals surface area contributed by atoms with Crippen molar-refractivity contribution in [1.82, 2.24) is 0 Å². The summed E-state index contributed by atoms with van der Waals surface area (Å²) in [4.78, 5) is 0. The van der Waals surface area contributed by atoms with Gasteiger partial charge >= 0.3 is 0 Å². The van der Waals surface area contributed by atoms with E-state index in [0.717, 1.165) is 16.9 Å². The monoisotopic (exact) mass is 243 g/mol. The highest BCUT2D eigenvalue weighted by atomic mass is 16.5. The molecule has 0 aliphatic carbocycles. The summed E-state index contributed by atoms with van der Waals surface area (Å²) in [6.07, 6.45) is 0. The lowest BCUT2D eigenvalue weighted by Gasteiger charge is -2.11. The average Bonchev–Trinajstić information content (AvgIpc) is 2.38. The molecule has 0 amide bonds. The van der Waals surface area contributed by atoms with E-state index in [2.05, 4.69) is 0 Å². The highest BCUT2D eigenvalue weighted by molar-refractivity contribution is 5.54. The SMILES string of the molecule is COc1ccccc1COc1ccc(C)cc1N. The lowest BCUT2D eigenvalue weighted by molar-refractivity contribution is 0.298. The molecule has 3 heteroatoms. The second kappa shape index (κ2) is 5.45. The maximum atomic E-state index is 5.90. The van der Waals surface area contributed by atoms with Crippen molar-refractivity contribution in [2.24, 2.45) is 0 Å². The van der Waals surface area contributed by atoms with Gasteiger partial charge in [-0.05, 0) is 30.7 Å². The van der Waals surface area contributed by atoms with Crippen LogP contribution in [0, 0.1) is 6.92 Å². The normalized spacial score (nSPS) is 10.1. The number of hydrogen-bond acceptors (Lipinski definition) is 3. The van der Waals surface area contributed by atoms with E-state index < -0.39 is 0 Å². The highest BCUT2D eigenvalue weighted by Crippen LogP contribution is 2.25. The molecule has 0 saturated heterocycles. The van der Waals surface area contributed by atoms with Crippen LogP contribution in [0.1, 0.15) is 11.1 Å². The predicted molar refractivity (Wildman–Crippen MR) is 72.9 cm³/mol. The van der Waals surface area contributed by atoms with Crippen LogP contribution in [0.25, 0.3) is 0 Å². The number of anilines is 1. The van der Waals surface area contributed by atoms with Crippen LogP contribution in [0.4, 0.5) is 5.69 Å². The van der Waals surface area contributed by atoms with Gasteiger partial charge in [-0.15, -0.1) is 0 Å². The van der Waals surface area contributed by atoms with Crippen molar-refractivity contribution in [3.05, 3.63) is 53.6 Å². The fourth-order valence-electron chi connectivity index (χ4n) is 1.78. The van der Waals surface area contributed by atoms with Crippen molar-refractivity contribution < 1.29 is 9.47 Å². The van der Waals surface area contributed by atoms with Gasteiger partial charge < -0.3 is 15.2 Å². The average molecular weight is 243 g/mol. The van der Waals surface area contributed by atoms with Gasteiger partial charge in [-0.3, -0.25) is 0 Å². The van der Waals surface area contributed by atoms with E-state index in [1.54, 1.807) is 7.11 Å². The molecule has 18 heavy (non-hydrogen) atoms. The molecule has 0 saturated carbocycles. The minimum Gasteiger partial charge on any atom is -0.496 e. The van der Waals surface area contributed by atoms with E-state index in [1.165, 1.54) is 0 Å². The molecule has 0 heterocycles. The maximum absolute atomic E-state index is 5.90. The molecule has 0 unspecified atom stereocenters. The van der Waals surface area contributed by atoms with Crippen molar-refractivity contribution >= 4 is 5.69 Å². The molecule has 94 valence electrons. The molecule has 2 rings (SSSR count). The fraction of sp³-hybridized carbons (Fsp3) is 0.200. The lowest BCUT2D eigenvalue weighted by Crippen LogP contribution is -2.00. The first-order valence-corrected chi connectivity index (χ1v) is 5.81. The summed E-state index contributed by atoms with van der Waals surface area (Å²) in [5.41, 5.74) is 8.68. The van der Waals surface area contributed by atoms with E-state index in [0.29, 0.717) is 18.0 Å². The molecule has 0 bridgehead atoms. The highest BCUT2D eigenvalue weighted by Gasteiger charge is 2.04. The molecule has 2 aromatic rings. The van der Waals surface area contributed by atoms with Crippen LogP contribution in [-0.4, -0.2) is 7.11 Å². The van der Waals surface area contributed by atoms with Crippen molar-refractivity contribution in [3.63, 3.8) is 0 Å². The van der Waals surface area contributed by atoms with Gasteiger partial charge in [0.25, 0.3) is 0 Å². The Morgan fingerprint density at radius 3 is 2.56 bits per heavy atom. The Morgan fingerprint density at radius 2 is 1.83 bits per heavy atom. The van der Waals surface area contributed by atoms with Crippen molar-refractivity contribution in [2.75, 3.05) is 12.8 Å². The zero-order valence-electron chi connectivity index (χ0n) is 10.6. The minimum atomic E-state index is 0.442. The summed E-state index contributed by atoms with van der Waals surface area (Å²) in [6.45, 7) is 2.44. The summed E-state index contributed by atoms with van der Waals surface area (Å²) < 4.78 is 11.0. The Balaban J connectivity index is 2.11. The number of hydrogen-bond donors (Lipinski definition) is 1. The molecule has 0 aliphatic heterocycles. The minimum absolute atomic E-state index is 0.442. The predicted octanol–water partition coefficient (Wildman–Crippen LogP) is 3.16. The topological polar surface area (TPSA) is 44.5 Å². The fourth-order valence-corrected chi connectivity index (χ4v) is 1.78. The summed E-state index contributed by atoms with van der Waals surface area (Å²) in [6, 6.07) is 13.5. The van der Waals surface area contributed by atoms with E-state index in [1.807, 2.05) is 49.4 Å². The van der Waals surface area contributed by atoms with Crippen LogP contribution in [0.2, 0.25) is 0 Å². The van der Waals surface area contributed by atoms with E-state index in [-0.39, 0.29) is 0 Å². The molecule has 0 fully saturated rings. The van der Waals surface area contributed by atoms with Crippen molar-refractivity contribution in [3.8, 4) is 11.5 Å². The number of rotatable bonds is 4. The second-order valence-electron chi connectivity index (χ2n) is 4.14. The molecule has 0 aliphatic rings. The first kappa shape index (κ1) is 12.3. The van der Waals surface area contributed by atoms with E-state index >= 15 is 0 Å². The zero-order valence-corrected chi connectivity index (χ0v) is 10.6. The Hall–Kier alpha value is -2.16. The molecule has 0 atom stereocenters.